The van der Waals surface area contributed by atoms with E-state index in [2.05, 4.69) is 0 Å². The molecule has 0 aromatic carbocycles. The highest BCUT2D eigenvalue weighted by atomic mass is 16.6. The number of carbonyl (C=O) groups is 2. The number of rotatable bonds is 1. The Morgan fingerprint density at radius 2 is 1.94 bits per heavy atom. The molecule has 1 heterocycles. The molecule has 18 heavy (non-hydrogen) atoms. The molecule has 0 aliphatic carbocycles. The van der Waals surface area contributed by atoms with E-state index in [9.17, 15) is 14.7 Å². The summed E-state index contributed by atoms with van der Waals surface area (Å²) in [5.74, 6) is -1.39. The van der Waals surface area contributed by atoms with Crippen LogP contribution in [0.5, 0.6) is 0 Å². The Kier molecular flexibility index (Phi) is 3.90. The van der Waals surface area contributed by atoms with Gasteiger partial charge in [-0.1, -0.05) is 6.92 Å². The van der Waals surface area contributed by atoms with E-state index in [0.29, 0.717) is 6.54 Å². The van der Waals surface area contributed by atoms with E-state index in [4.69, 9.17) is 9.84 Å². The van der Waals surface area contributed by atoms with Crippen LogP contribution < -0.4 is 0 Å². The van der Waals surface area contributed by atoms with Crippen LogP contribution in [0, 0.1) is 5.92 Å². The van der Waals surface area contributed by atoms with Gasteiger partial charge in [0.2, 0.25) is 0 Å². The van der Waals surface area contributed by atoms with Crippen molar-refractivity contribution >= 4 is 12.1 Å². The molecule has 0 aromatic heterocycles. The molecule has 1 aliphatic heterocycles. The van der Waals surface area contributed by atoms with Gasteiger partial charge in [0.05, 0.1) is 6.54 Å². The molecule has 0 saturated carbocycles. The monoisotopic (exact) mass is 259 g/mol. The molecule has 6 nitrogen and oxygen atoms in total. The number of likely N-dealkylation sites (tertiary alicyclic amines) is 1. The number of hydrogen-bond acceptors (Lipinski definition) is 4. The molecule has 0 bridgehead atoms. The van der Waals surface area contributed by atoms with Crippen LogP contribution in [0.25, 0.3) is 0 Å². The van der Waals surface area contributed by atoms with Crippen LogP contribution >= 0.6 is 0 Å². The topological polar surface area (TPSA) is 87.1 Å². The summed E-state index contributed by atoms with van der Waals surface area (Å²) in [6.07, 6.45) is -0.449. The number of ether oxygens (including phenoxy) is 1. The predicted molar refractivity (Wildman–Crippen MR) is 64.2 cm³/mol. The number of carbonyl (C=O) groups excluding carboxylic acids is 1. The first-order chi connectivity index (χ1) is 8.03. The van der Waals surface area contributed by atoms with Crippen molar-refractivity contribution in [1.82, 2.24) is 4.90 Å². The quantitative estimate of drug-likeness (QED) is 0.735. The zero-order valence-electron chi connectivity index (χ0n) is 11.3. The molecule has 1 aliphatic rings. The lowest BCUT2D eigenvalue weighted by molar-refractivity contribution is -0.165. The lowest BCUT2D eigenvalue weighted by Gasteiger charge is -2.39. The van der Waals surface area contributed by atoms with Crippen LogP contribution in [-0.4, -0.2) is 51.5 Å². The fourth-order valence-electron chi connectivity index (χ4n) is 2.08. The Labute approximate surface area is 107 Å². The highest BCUT2D eigenvalue weighted by Gasteiger charge is 2.45. The van der Waals surface area contributed by atoms with E-state index in [1.807, 2.05) is 0 Å². The van der Waals surface area contributed by atoms with Crippen LogP contribution in [0.15, 0.2) is 0 Å². The minimum Gasteiger partial charge on any atom is -0.479 e. The highest BCUT2D eigenvalue weighted by molar-refractivity contribution is 5.79. The summed E-state index contributed by atoms with van der Waals surface area (Å²) < 4.78 is 5.18. The van der Waals surface area contributed by atoms with E-state index in [1.54, 1.807) is 27.7 Å². The summed E-state index contributed by atoms with van der Waals surface area (Å²) in [6, 6.07) is 0. The van der Waals surface area contributed by atoms with Crippen molar-refractivity contribution in [2.45, 2.75) is 45.3 Å². The van der Waals surface area contributed by atoms with Crippen molar-refractivity contribution in [2.75, 3.05) is 13.1 Å². The van der Waals surface area contributed by atoms with Gasteiger partial charge < -0.3 is 19.8 Å². The molecular weight excluding hydrogens is 238 g/mol. The van der Waals surface area contributed by atoms with Gasteiger partial charge in [-0.3, -0.25) is 0 Å². The number of aliphatic carboxylic acids is 1. The normalized spacial score (nSPS) is 28.9. The lowest BCUT2D eigenvalue weighted by atomic mass is 9.86. The maximum atomic E-state index is 11.9. The SMILES string of the molecule is CC1CN(C(=O)OC(C)(C)C)CC(O)(C(=O)O)C1. The Morgan fingerprint density at radius 1 is 1.39 bits per heavy atom. The molecule has 104 valence electrons. The molecule has 2 N–H and O–H groups in total. The third-order valence-corrected chi connectivity index (χ3v) is 2.72. The average molecular weight is 259 g/mol. The van der Waals surface area contributed by atoms with Crippen molar-refractivity contribution < 1.29 is 24.5 Å². The van der Waals surface area contributed by atoms with Gasteiger partial charge in [0.1, 0.15) is 5.60 Å². The first kappa shape index (κ1) is 14.8. The smallest absolute Gasteiger partial charge is 0.410 e. The molecular formula is C12H21NO5. The van der Waals surface area contributed by atoms with Crippen LogP contribution in [0.2, 0.25) is 0 Å². The number of piperidine rings is 1. The van der Waals surface area contributed by atoms with Crippen LogP contribution in [0.4, 0.5) is 4.79 Å². The van der Waals surface area contributed by atoms with Gasteiger partial charge in [0.15, 0.2) is 5.60 Å². The largest absolute Gasteiger partial charge is 0.479 e. The lowest BCUT2D eigenvalue weighted by Crippen LogP contribution is -2.57. The second-order valence-corrected chi connectivity index (χ2v) is 6.01. The first-order valence-electron chi connectivity index (χ1n) is 5.97. The minimum absolute atomic E-state index is 0.0904. The Hall–Kier alpha value is -1.30. The zero-order chi connectivity index (χ0) is 14.1. The van der Waals surface area contributed by atoms with E-state index >= 15 is 0 Å². The predicted octanol–water partition coefficient (Wildman–Crippen LogP) is 1.08. The van der Waals surface area contributed by atoms with Crippen molar-refractivity contribution in [3.05, 3.63) is 0 Å². The van der Waals surface area contributed by atoms with Crippen molar-refractivity contribution in [2.24, 2.45) is 5.92 Å². The number of nitrogens with zero attached hydrogens (tertiary/aromatic N) is 1. The fraction of sp³-hybridized carbons (Fsp3) is 0.833. The zero-order valence-corrected chi connectivity index (χ0v) is 11.3. The second-order valence-electron chi connectivity index (χ2n) is 6.01. The average Bonchev–Trinajstić information content (AvgIpc) is 2.13. The molecule has 1 rings (SSSR count). The summed E-state index contributed by atoms with van der Waals surface area (Å²) in [5.41, 5.74) is -2.52. The Balaban J connectivity index is 2.78. The van der Waals surface area contributed by atoms with Crippen molar-refractivity contribution in [1.29, 1.82) is 0 Å². The molecule has 1 amide bonds. The number of β-amino-alcohol motifs (C(OH)–C–C–N with tert-alkyl or cyclic N) is 1. The fourth-order valence-corrected chi connectivity index (χ4v) is 2.08. The number of amides is 1. The summed E-state index contributed by atoms with van der Waals surface area (Å²) in [7, 11) is 0. The molecule has 6 heteroatoms. The molecule has 0 spiro atoms. The number of aliphatic hydroxyl groups is 1. The summed E-state index contributed by atoms with van der Waals surface area (Å²) in [4.78, 5) is 24.2. The molecule has 2 unspecified atom stereocenters. The van der Waals surface area contributed by atoms with Gasteiger partial charge in [-0.15, -0.1) is 0 Å². The van der Waals surface area contributed by atoms with Crippen LogP contribution in [-0.2, 0) is 9.53 Å². The Bertz CT molecular complexity index is 349. The number of carboxylic acid groups (broad SMARTS) is 1. The summed E-state index contributed by atoms with van der Waals surface area (Å²) in [6.45, 7) is 7.17. The Morgan fingerprint density at radius 3 is 2.39 bits per heavy atom. The van der Waals surface area contributed by atoms with E-state index < -0.39 is 23.3 Å². The third-order valence-electron chi connectivity index (χ3n) is 2.72. The van der Waals surface area contributed by atoms with Crippen molar-refractivity contribution in [3.63, 3.8) is 0 Å². The molecule has 0 aromatic rings. The first-order valence-corrected chi connectivity index (χ1v) is 5.97. The maximum Gasteiger partial charge on any atom is 0.410 e. The maximum absolute atomic E-state index is 11.9. The second kappa shape index (κ2) is 4.76. The number of hydrogen-bond donors (Lipinski definition) is 2. The van der Waals surface area contributed by atoms with E-state index in [0.717, 1.165) is 0 Å². The van der Waals surface area contributed by atoms with E-state index in [1.165, 1.54) is 4.90 Å². The van der Waals surface area contributed by atoms with E-state index in [-0.39, 0.29) is 18.9 Å². The third kappa shape index (κ3) is 3.60. The summed E-state index contributed by atoms with van der Waals surface area (Å²) in [5, 5.41) is 19.0. The van der Waals surface area contributed by atoms with Crippen LogP contribution in [0.1, 0.15) is 34.1 Å². The van der Waals surface area contributed by atoms with Crippen LogP contribution in [0.3, 0.4) is 0 Å². The molecule has 2 atom stereocenters. The minimum atomic E-state index is -1.88. The molecule has 1 fully saturated rings. The van der Waals surface area contributed by atoms with Gasteiger partial charge in [0, 0.05) is 6.54 Å². The number of carboxylic acids is 1. The summed E-state index contributed by atoms with van der Waals surface area (Å²) >= 11 is 0. The van der Waals surface area contributed by atoms with Gasteiger partial charge in [-0.05, 0) is 33.1 Å². The molecule has 1 saturated heterocycles. The standard InChI is InChI=1S/C12H21NO5/c1-8-5-12(17,9(14)15)7-13(6-8)10(16)18-11(2,3)4/h8,17H,5-7H2,1-4H3,(H,14,15). The van der Waals surface area contributed by atoms with Crippen molar-refractivity contribution in [3.8, 4) is 0 Å². The highest BCUT2D eigenvalue weighted by Crippen LogP contribution is 2.27. The van der Waals surface area contributed by atoms with Gasteiger partial charge >= 0.3 is 12.1 Å². The van der Waals surface area contributed by atoms with Gasteiger partial charge in [0.25, 0.3) is 0 Å². The van der Waals surface area contributed by atoms with Gasteiger partial charge in [-0.25, -0.2) is 9.59 Å². The molecule has 0 radical (unpaired) electrons. The van der Waals surface area contributed by atoms with Gasteiger partial charge in [-0.2, -0.15) is 0 Å².